The van der Waals surface area contributed by atoms with Crippen LogP contribution in [0.4, 0.5) is 4.79 Å². The molecule has 8 heteroatoms. The van der Waals surface area contributed by atoms with Gasteiger partial charge in [0.25, 0.3) is 0 Å². The molecule has 0 aliphatic carbocycles. The molecule has 0 spiro atoms. The predicted molar refractivity (Wildman–Crippen MR) is 85.1 cm³/mol. The minimum Gasteiger partial charge on any atom is -0.458 e. The van der Waals surface area contributed by atoms with Gasteiger partial charge in [0.2, 0.25) is 0 Å². The van der Waals surface area contributed by atoms with Crippen LogP contribution < -0.4 is 10.6 Å². The summed E-state index contributed by atoms with van der Waals surface area (Å²) in [5, 5.41) is 15.3. The number of carbonyl (C=O) groups is 2. The number of urea groups is 1. The molecule has 1 rings (SSSR count). The number of ether oxygens (including phenoxy) is 2. The fourth-order valence-corrected chi connectivity index (χ4v) is 1.93. The zero-order valence-corrected chi connectivity index (χ0v) is 14.5. The first-order valence-corrected chi connectivity index (χ1v) is 7.88. The number of nitrogens with zero attached hydrogens (tertiary/aromatic N) is 1. The Kier molecular flexibility index (Phi) is 7.24. The molecule has 0 bridgehead atoms. The van der Waals surface area contributed by atoms with Crippen LogP contribution in [0.1, 0.15) is 27.7 Å². The Hall–Kier alpha value is -1.38. The van der Waals surface area contributed by atoms with Gasteiger partial charge in [0, 0.05) is 26.2 Å². The van der Waals surface area contributed by atoms with Gasteiger partial charge in [-0.2, -0.15) is 0 Å². The van der Waals surface area contributed by atoms with E-state index in [-0.39, 0.29) is 6.54 Å². The third-order valence-electron chi connectivity index (χ3n) is 3.25. The highest BCUT2D eigenvalue weighted by molar-refractivity contribution is 5.81. The molecule has 23 heavy (non-hydrogen) atoms. The van der Waals surface area contributed by atoms with E-state index in [4.69, 9.17) is 9.47 Å². The third kappa shape index (κ3) is 8.15. The second-order valence-electron chi connectivity index (χ2n) is 6.84. The zero-order valence-electron chi connectivity index (χ0n) is 14.5. The maximum atomic E-state index is 11.9. The lowest BCUT2D eigenvalue weighted by Crippen LogP contribution is -2.52. The second kappa shape index (κ2) is 8.47. The van der Waals surface area contributed by atoms with Crippen molar-refractivity contribution in [3.63, 3.8) is 0 Å². The number of hydrogen-bond donors (Lipinski definition) is 3. The largest absolute Gasteiger partial charge is 0.458 e. The van der Waals surface area contributed by atoms with Gasteiger partial charge in [0.15, 0.2) is 5.60 Å². The highest BCUT2D eigenvalue weighted by Crippen LogP contribution is 2.13. The first-order valence-electron chi connectivity index (χ1n) is 7.88. The lowest BCUT2D eigenvalue weighted by Gasteiger charge is -2.28. The third-order valence-corrected chi connectivity index (χ3v) is 3.25. The maximum absolute atomic E-state index is 11.9. The van der Waals surface area contributed by atoms with Crippen LogP contribution in [0.5, 0.6) is 0 Å². The van der Waals surface area contributed by atoms with Gasteiger partial charge in [-0.15, -0.1) is 0 Å². The summed E-state index contributed by atoms with van der Waals surface area (Å²) in [6.07, 6.45) is 0. The Bertz CT molecular complexity index is 400. The molecule has 1 saturated heterocycles. The number of carbonyl (C=O) groups excluding carboxylic acids is 2. The molecule has 1 heterocycles. The van der Waals surface area contributed by atoms with Crippen molar-refractivity contribution >= 4 is 12.0 Å². The van der Waals surface area contributed by atoms with E-state index < -0.39 is 23.2 Å². The normalized spacial score (nSPS) is 18.8. The van der Waals surface area contributed by atoms with Crippen molar-refractivity contribution < 1.29 is 24.2 Å². The van der Waals surface area contributed by atoms with E-state index >= 15 is 0 Å². The predicted octanol–water partition coefficient (Wildman–Crippen LogP) is -0.289. The van der Waals surface area contributed by atoms with Gasteiger partial charge in [0.05, 0.1) is 19.8 Å². The van der Waals surface area contributed by atoms with Gasteiger partial charge in [0.1, 0.15) is 5.60 Å². The van der Waals surface area contributed by atoms with Crippen molar-refractivity contribution in [2.45, 2.75) is 38.9 Å². The first kappa shape index (κ1) is 19.7. The monoisotopic (exact) mass is 331 g/mol. The first-order chi connectivity index (χ1) is 10.6. The summed E-state index contributed by atoms with van der Waals surface area (Å²) in [6.45, 7) is 10.6. The highest BCUT2D eigenvalue weighted by atomic mass is 16.6. The minimum atomic E-state index is -1.77. The Morgan fingerprint density at radius 3 is 2.35 bits per heavy atom. The summed E-state index contributed by atoms with van der Waals surface area (Å²) in [5.74, 6) is -0.765. The standard InChI is InChI=1S/C15H29N3O5/c1-14(2,3)23-12(19)15(4,21)11-17-13(20)16-5-6-18-7-9-22-10-8-18/h21H,5-11H2,1-4H3,(H2,16,17,20)/t15-/m1/s1. The Morgan fingerprint density at radius 2 is 1.78 bits per heavy atom. The summed E-state index contributed by atoms with van der Waals surface area (Å²) in [7, 11) is 0. The number of amides is 2. The molecular formula is C15H29N3O5. The lowest BCUT2D eigenvalue weighted by atomic mass is 10.1. The lowest BCUT2D eigenvalue weighted by molar-refractivity contribution is -0.174. The fraction of sp³-hybridized carbons (Fsp3) is 0.867. The summed E-state index contributed by atoms with van der Waals surface area (Å²) in [5.41, 5.74) is -2.46. The number of aliphatic hydroxyl groups is 1. The molecule has 2 amide bonds. The van der Waals surface area contributed by atoms with Crippen molar-refractivity contribution in [3.05, 3.63) is 0 Å². The molecule has 0 radical (unpaired) electrons. The average molecular weight is 331 g/mol. The molecule has 1 aliphatic rings. The summed E-state index contributed by atoms with van der Waals surface area (Å²) < 4.78 is 10.4. The topological polar surface area (TPSA) is 100 Å². The number of hydrogen-bond acceptors (Lipinski definition) is 6. The molecule has 0 aromatic heterocycles. The van der Waals surface area contributed by atoms with Crippen LogP contribution in [-0.2, 0) is 14.3 Å². The van der Waals surface area contributed by atoms with Crippen LogP contribution in [0.15, 0.2) is 0 Å². The van der Waals surface area contributed by atoms with E-state index in [1.165, 1.54) is 6.92 Å². The summed E-state index contributed by atoms with van der Waals surface area (Å²) in [4.78, 5) is 25.8. The molecule has 1 aliphatic heterocycles. The Balaban J connectivity index is 2.24. The van der Waals surface area contributed by atoms with E-state index in [2.05, 4.69) is 15.5 Å². The molecule has 3 N–H and O–H groups in total. The molecule has 0 unspecified atom stereocenters. The number of rotatable bonds is 6. The molecule has 1 fully saturated rings. The van der Waals surface area contributed by atoms with Gasteiger partial charge < -0.3 is 25.2 Å². The summed E-state index contributed by atoms with van der Waals surface area (Å²) in [6, 6.07) is -0.429. The van der Waals surface area contributed by atoms with E-state index in [9.17, 15) is 14.7 Å². The van der Waals surface area contributed by atoms with Crippen molar-refractivity contribution in [1.82, 2.24) is 15.5 Å². The molecule has 8 nitrogen and oxygen atoms in total. The van der Waals surface area contributed by atoms with Crippen LogP contribution in [0, 0.1) is 0 Å². The van der Waals surface area contributed by atoms with Crippen LogP contribution in [0.25, 0.3) is 0 Å². The van der Waals surface area contributed by atoms with E-state index in [1.54, 1.807) is 20.8 Å². The highest BCUT2D eigenvalue weighted by Gasteiger charge is 2.35. The van der Waals surface area contributed by atoms with Gasteiger partial charge >= 0.3 is 12.0 Å². The van der Waals surface area contributed by atoms with Crippen LogP contribution in [0.2, 0.25) is 0 Å². The molecular weight excluding hydrogens is 302 g/mol. The Morgan fingerprint density at radius 1 is 1.17 bits per heavy atom. The smallest absolute Gasteiger partial charge is 0.340 e. The van der Waals surface area contributed by atoms with Gasteiger partial charge in [-0.1, -0.05) is 0 Å². The number of morpholine rings is 1. The van der Waals surface area contributed by atoms with Crippen LogP contribution in [-0.4, -0.2) is 79.1 Å². The molecule has 1 atom stereocenters. The minimum absolute atomic E-state index is 0.217. The SMILES string of the molecule is CC(C)(C)OC(=O)[C@](C)(O)CNC(=O)NCCN1CCOCC1. The van der Waals surface area contributed by atoms with Crippen LogP contribution in [0.3, 0.4) is 0 Å². The molecule has 0 aromatic rings. The average Bonchev–Trinajstić information content (AvgIpc) is 2.44. The molecule has 0 aromatic carbocycles. The van der Waals surface area contributed by atoms with Crippen molar-refractivity contribution in [3.8, 4) is 0 Å². The van der Waals surface area contributed by atoms with E-state index in [0.717, 1.165) is 19.6 Å². The maximum Gasteiger partial charge on any atom is 0.340 e. The van der Waals surface area contributed by atoms with Crippen molar-refractivity contribution in [2.24, 2.45) is 0 Å². The van der Waals surface area contributed by atoms with Crippen molar-refractivity contribution in [2.75, 3.05) is 45.9 Å². The molecule has 134 valence electrons. The van der Waals surface area contributed by atoms with Crippen molar-refractivity contribution in [1.29, 1.82) is 0 Å². The van der Waals surface area contributed by atoms with Crippen LogP contribution >= 0.6 is 0 Å². The summed E-state index contributed by atoms with van der Waals surface area (Å²) >= 11 is 0. The Labute approximate surface area is 137 Å². The van der Waals surface area contributed by atoms with E-state index in [1.807, 2.05) is 0 Å². The van der Waals surface area contributed by atoms with E-state index in [0.29, 0.717) is 19.8 Å². The number of nitrogens with one attached hydrogen (secondary N) is 2. The zero-order chi connectivity index (χ0) is 17.5. The number of esters is 1. The molecule has 0 saturated carbocycles. The van der Waals surface area contributed by atoms with Gasteiger partial charge in [-0.25, -0.2) is 9.59 Å². The van der Waals surface area contributed by atoms with Gasteiger partial charge in [-0.05, 0) is 27.7 Å². The van der Waals surface area contributed by atoms with Gasteiger partial charge in [-0.3, -0.25) is 4.90 Å². The quantitative estimate of drug-likeness (QED) is 0.579. The fourth-order valence-electron chi connectivity index (χ4n) is 1.93. The second-order valence-corrected chi connectivity index (χ2v) is 6.84.